The normalized spacial score (nSPS) is 17.3. The van der Waals surface area contributed by atoms with E-state index < -0.39 is 0 Å². The zero-order chi connectivity index (χ0) is 21.1. The third-order valence-corrected chi connectivity index (χ3v) is 5.13. The quantitative estimate of drug-likeness (QED) is 0.343. The van der Waals surface area contributed by atoms with Gasteiger partial charge in [-0.25, -0.2) is 4.79 Å². The van der Waals surface area contributed by atoms with E-state index in [1.165, 1.54) is 0 Å². The fraction of sp³-hybridized carbons (Fsp3) is 0.520. The van der Waals surface area contributed by atoms with Crippen LogP contribution in [-0.4, -0.2) is 36.0 Å². The van der Waals surface area contributed by atoms with Gasteiger partial charge in [0.15, 0.2) is 0 Å². The Morgan fingerprint density at radius 3 is 2.72 bits per heavy atom. The number of hydrogen-bond donors (Lipinski definition) is 0. The number of hydrogen-bond acceptors (Lipinski definition) is 3. The molecule has 1 heterocycles. The van der Waals surface area contributed by atoms with Crippen molar-refractivity contribution in [1.82, 2.24) is 4.90 Å². The highest BCUT2D eigenvalue weighted by Gasteiger charge is 2.28. The lowest BCUT2D eigenvalue weighted by atomic mass is 10.0. The summed E-state index contributed by atoms with van der Waals surface area (Å²) in [5.41, 5.74) is 1.68. The molecule has 29 heavy (non-hydrogen) atoms. The average molecular weight is 396 g/mol. The second kappa shape index (κ2) is 12.1. The minimum absolute atomic E-state index is 0.190. The van der Waals surface area contributed by atoms with E-state index >= 15 is 0 Å². The van der Waals surface area contributed by atoms with Crippen molar-refractivity contribution in [2.75, 3.05) is 13.2 Å². The van der Waals surface area contributed by atoms with Crippen molar-refractivity contribution in [2.45, 2.75) is 65.3 Å². The molecule has 0 radical (unpaired) electrons. The number of ether oxygens (including phenoxy) is 1. The molecule has 1 aliphatic heterocycles. The lowest BCUT2D eigenvalue weighted by molar-refractivity contribution is -0.128. The van der Waals surface area contributed by atoms with Crippen molar-refractivity contribution in [3.05, 3.63) is 47.5 Å². The fourth-order valence-corrected chi connectivity index (χ4v) is 3.44. The molecule has 0 N–H and O–H groups in total. The molecule has 0 aromatic heterocycles. The zero-order valence-electron chi connectivity index (χ0n) is 17.9. The van der Waals surface area contributed by atoms with E-state index in [0.29, 0.717) is 31.1 Å². The number of nitrogens with zero attached hydrogens (tertiary/aromatic N) is 1. The summed E-state index contributed by atoms with van der Waals surface area (Å²) < 4.78 is 5.01. The van der Waals surface area contributed by atoms with Crippen molar-refractivity contribution >= 4 is 11.9 Å². The summed E-state index contributed by atoms with van der Waals surface area (Å²) in [6.07, 6.45) is 9.52. The molecule has 0 bridgehead atoms. The Balaban J connectivity index is 1.85. The smallest absolute Gasteiger partial charge is 0.338 e. The Kier molecular flexibility index (Phi) is 9.50. The van der Waals surface area contributed by atoms with E-state index in [2.05, 4.69) is 37.8 Å². The average Bonchev–Trinajstić information content (AvgIpc) is 3.06. The van der Waals surface area contributed by atoms with Gasteiger partial charge in [0.2, 0.25) is 5.91 Å². The summed E-state index contributed by atoms with van der Waals surface area (Å²) in [7, 11) is 0. The molecule has 2 rings (SSSR count). The van der Waals surface area contributed by atoms with Gasteiger partial charge in [0.1, 0.15) is 0 Å². The van der Waals surface area contributed by atoms with Crippen molar-refractivity contribution < 1.29 is 14.3 Å². The molecule has 156 valence electrons. The molecular formula is C25H33NO3. The third-order valence-electron chi connectivity index (χ3n) is 5.13. The summed E-state index contributed by atoms with van der Waals surface area (Å²) in [6.45, 7) is 7.15. The van der Waals surface area contributed by atoms with Gasteiger partial charge in [-0.1, -0.05) is 38.1 Å². The van der Waals surface area contributed by atoms with Gasteiger partial charge < -0.3 is 9.64 Å². The molecule has 2 unspecified atom stereocenters. The Morgan fingerprint density at radius 2 is 2.03 bits per heavy atom. The Bertz CT molecular complexity index is 755. The maximum atomic E-state index is 12.3. The largest absolute Gasteiger partial charge is 0.462 e. The molecule has 1 saturated heterocycles. The molecular weight excluding hydrogens is 362 g/mol. The third kappa shape index (κ3) is 7.42. The summed E-state index contributed by atoms with van der Waals surface area (Å²) in [6, 6.07) is 7.65. The lowest BCUT2D eigenvalue weighted by Gasteiger charge is -2.22. The summed E-state index contributed by atoms with van der Waals surface area (Å²) in [4.78, 5) is 26.0. The van der Waals surface area contributed by atoms with Crippen LogP contribution < -0.4 is 0 Å². The molecule has 4 nitrogen and oxygen atoms in total. The number of carbonyl (C=O) groups excluding carboxylic acids is 2. The van der Waals surface area contributed by atoms with Crippen LogP contribution >= 0.6 is 0 Å². The maximum Gasteiger partial charge on any atom is 0.338 e. The molecule has 2 atom stereocenters. The highest BCUT2D eigenvalue weighted by Crippen LogP contribution is 2.21. The molecule has 1 aliphatic rings. The first kappa shape index (κ1) is 22.7. The lowest BCUT2D eigenvalue weighted by Crippen LogP contribution is -2.33. The number of benzene rings is 1. The molecule has 0 spiro atoms. The van der Waals surface area contributed by atoms with Crippen molar-refractivity contribution in [3.8, 4) is 11.8 Å². The maximum absolute atomic E-state index is 12.3. The van der Waals surface area contributed by atoms with Gasteiger partial charge in [0.05, 0.1) is 18.2 Å². The summed E-state index contributed by atoms with van der Waals surface area (Å²) in [5, 5.41) is 0. The number of likely N-dealkylation sites (tertiary alicyclic amines) is 1. The second-order valence-electron chi connectivity index (χ2n) is 7.54. The van der Waals surface area contributed by atoms with Crippen LogP contribution in [0.25, 0.3) is 0 Å². The Hall–Kier alpha value is -2.54. The van der Waals surface area contributed by atoms with E-state index in [9.17, 15) is 9.59 Å². The second-order valence-corrected chi connectivity index (χ2v) is 7.54. The number of rotatable bonds is 9. The van der Waals surface area contributed by atoms with Gasteiger partial charge >= 0.3 is 5.97 Å². The molecule has 4 heteroatoms. The first-order chi connectivity index (χ1) is 14.0. The molecule has 0 saturated carbocycles. The van der Waals surface area contributed by atoms with Gasteiger partial charge in [0, 0.05) is 25.8 Å². The van der Waals surface area contributed by atoms with Crippen LogP contribution in [0.2, 0.25) is 0 Å². The Morgan fingerprint density at radius 1 is 1.28 bits per heavy atom. The predicted molar refractivity (Wildman–Crippen MR) is 116 cm³/mol. The number of carbonyl (C=O) groups is 2. The van der Waals surface area contributed by atoms with Crippen molar-refractivity contribution in [2.24, 2.45) is 5.92 Å². The number of allylic oxidation sites excluding steroid dienone is 1. The van der Waals surface area contributed by atoms with Crippen LogP contribution in [0.3, 0.4) is 0 Å². The molecule has 1 amide bonds. The summed E-state index contributed by atoms with van der Waals surface area (Å²) in [5.74, 6) is 6.79. The number of amides is 1. The molecule has 1 aromatic carbocycles. The van der Waals surface area contributed by atoms with Crippen molar-refractivity contribution in [3.63, 3.8) is 0 Å². The van der Waals surface area contributed by atoms with Crippen LogP contribution in [0.15, 0.2) is 36.4 Å². The standard InChI is InChI=1S/C25H33NO3/c1-4-6-7-9-20(3)10-8-11-23-16-17-24(27)26(23)19-18-21-12-14-22(15-13-21)25(28)29-5-2/h8,11-15,20,23H,4-5,9-10,16-19H2,1-3H3/b11-8+. The fourth-order valence-electron chi connectivity index (χ4n) is 3.44. The predicted octanol–water partition coefficient (Wildman–Crippen LogP) is 4.78. The van der Waals surface area contributed by atoms with E-state index in [1.807, 2.05) is 17.0 Å². The highest BCUT2D eigenvalue weighted by atomic mass is 16.5. The van der Waals surface area contributed by atoms with Gasteiger partial charge in [-0.3, -0.25) is 4.79 Å². The first-order valence-corrected chi connectivity index (χ1v) is 10.7. The molecule has 1 aromatic rings. The topological polar surface area (TPSA) is 46.6 Å². The SMILES string of the molecule is CCC#CCC(C)C/C=C/C1CCC(=O)N1CCc1ccc(C(=O)OCC)cc1. The van der Waals surface area contributed by atoms with Crippen LogP contribution in [-0.2, 0) is 16.0 Å². The van der Waals surface area contributed by atoms with E-state index in [0.717, 1.165) is 37.7 Å². The van der Waals surface area contributed by atoms with Crippen molar-refractivity contribution in [1.29, 1.82) is 0 Å². The minimum atomic E-state index is -0.297. The van der Waals surface area contributed by atoms with Gasteiger partial charge in [-0.2, -0.15) is 0 Å². The Labute approximate surface area is 175 Å². The van der Waals surface area contributed by atoms with Crippen LogP contribution in [0.4, 0.5) is 0 Å². The summed E-state index contributed by atoms with van der Waals surface area (Å²) >= 11 is 0. The van der Waals surface area contributed by atoms with E-state index in [1.54, 1.807) is 19.1 Å². The van der Waals surface area contributed by atoms with Crippen LogP contribution in [0.5, 0.6) is 0 Å². The van der Waals surface area contributed by atoms with E-state index in [-0.39, 0.29) is 17.9 Å². The highest BCUT2D eigenvalue weighted by molar-refractivity contribution is 5.89. The molecule has 1 fully saturated rings. The minimum Gasteiger partial charge on any atom is -0.462 e. The first-order valence-electron chi connectivity index (χ1n) is 10.7. The number of esters is 1. The molecule has 0 aliphatic carbocycles. The monoisotopic (exact) mass is 395 g/mol. The van der Waals surface area contributed by atoms with Gasteiger partial charge in [0.25, 0.3) is 0 Å². The zero-order valence-corrected chi connectivity index (χ0v) is 17.9. The van der Waals surface area contributed by atoms with E-state index in [4.69, 9.17) is 4.74 Å². The van der Waals surface area contributed by atoms with Gasteiger partial charge in [-0.05, 0) is 49.8 Å². The van der Waals surface area contributed by atoms with Crippen LogP contribution in [0, 0.1) is 17.8 Å². The van der Waals surface area contributed by atoms with Gasteiger partial charge in [-0.15, -0.1) is 11.8 Å². The van der Waals surface area contributed by atoms with Crippen LogP contribution in [0.1, 0.15) is 68.8 Å².